The van der Waals surface area contributed by atoms with Crippen LogP contribution in [0.15, 0.2) is 18.3 Å². The van der Waals surface area contributed by atoms with Crippen molar-refractivity contribution in [2.45, 2.75) is 31.2 Å². The lowest BCUT2D eigenvalue weighted by atomic mass is 9.97. The van der Waals surface area contributed by atoms with Crippen LogP contribution in [0.2, 0.25) is 0 Å². The van der Waals surface area contributed by atoms with E-state index in [2.05, 4.69) is 15.6 Å². The van der Waals surface area contributed by atoms with Crippen LogP contribution in [0.4, 0.5) is 5.82 Å². The van der Waals surface area contributed by atoms with E-state index >= 15 is 0 Å². The van der Waals surface area contributed by atoms with Crippen LogP contribution < -0.4 is 10.6 Å². The van der Waals surface area contributed by atoms with Gasteiger partial charge in [0.05, 0.1) is 5.56 Å². The molecule has 1 aromatic heterocycles. The second kappa shape index (κ2) is 5.26. The molecule has 0 aliphatic heterocycles. The summed E-state index contributed by atoms with van der Waals surface area (Å²) in [6, 6.07) is 3.27. The Bertz CT molecular complexity index is 496. The number of aromatic nitrogens is 1. The van der Waals surface area contributed by atoms with Gasteiger partial charge in [0, 0.05) is 13.2 Å². The monoisotopic (exact) mass is 263 g/mol. The van der Waals surface area contributed by atoms with Crippen molar-refractivity contribution in [1.29, 1.82) is 0 Å². The average Bonchev–Trinajstić information content (AvgIpc) is 2.88. The number of hydrogen-bond donors (Lipinski definition) is 3. The van der Waals surface area contributed by atoms with Crippen molar-refractivity contribution in [3.05, 3.63) is 23.9 Å². The van der Waals surface area contributed by atoms with Crippen LogP contribution in [0, 0.1) is 0 Å². The number of anilines is 1. The lowest BCUT2D eigenvalue weighted by Crippen LogP contribution is -2.52. The summed E-state index contributed by atoms with van der Waals surface area (Å²) in [6.07, 6.45) is 4.16. The maximum Gasteiger partial charge on any atom is 0.329 e. The molecule has 0 unspecified atom stereocenters. The van der Waals surface area contributed by atoms with Crippen LogP contribution >= 0.6 is 0 Å². The number of nitrogens with zero attached hydrogens (tertiary/aromatic N) is 1. The molecule has 0 atom stereocenters. The molecule has 1 aromatic rings. The largest absolute Gasteiger partial charge is 0.480 e. The van der Waals surface area contributed by atoms with E-state index in [0.29, 0.717) is 24.2 Å². The van der Waals surface area contributed by atoms with Gasteiger partial charge in [-0.05, 0) is 25.0 Å². The Morgan fingerprint density at radius 3 is 2.63 bits per heavy atom. The quantitative estimate of drug-likeness (QED) is 0.760. The van der Waals surface area contributed by atoms with Gasteiger partial charge in [0.2, 0.25) is 0 Å². The molecule has 2 rings (SSSR count). The van der Waals surface area contributed by atoms with Crippen molar-refractivity contribution < 1.29 is 14.7 Å². The predicted molar refractivity (Wildman–Crippen MR) is 70.1 cm³/mol. The SMILES string of the molecule is CNc1ncccc1C(=O)NC1(C(=O)O)CCCC1. The number of pyridine rings is 1. The van der Waals surface area contributed by atoms with Crippen molar-refractivity contribution in [3.63, 3.8) is 0 Å². The first-order valence-corrected chi connectivity index (χ1v) is 6.28. The highest BCUT2D eigenvalue weighted by atomic mass is 16.4. The van der Waals surface area contributed by atoms with Gasteiger partial charge in [0.15, 0.2) is 0 Å². The number of carboxylic acids is 1. The van der Waals surface area contributed by atoms with Crippen molar-refractivity contribution in [2.75, 3.05) is 12.4 Å². The molecule has 19 heavy (non-hydrogen) atoms. The molecule has 0 radical (unpaired) electrons. The number of carbonyl (C=O) groups is 2. The number of aliphatic carboxylic acids is 1. The third kappa shape index (κ3) is 2.52. The van der Waals surface area contributed by atoms with Gasteiger partial charge in [-0.2, -0.15) is 0 Å². The van der Waals surface area contributed by atoms with Crippen LogP contribution in [0.3, 0.4) is 0 Å². The van der Waals surface area contributed by atoms with Crippen LogP contribution in [0.5, 0.6) is 0 Å². The fourth-order valence-corrected chi connectivity index (χ4v) is 2.44. The summed E-state index contributed by atoms with van der Waals surface area (Å²) in [5.41, 5.74) is -0.768. The summed E-state index contributed by atoms with van der Waals surface area (Å²) in [7, 11) is 1.67. The number of nitrogens with one attached hydrogen (secondary N) is 2. The highest BCUT2D eigenvalue weighted by Gasteiger charge is 2.42. The maximum atomic E-state index is 12.2. The normalized spacial score (nSPS) is 16.9. The van der Waals surface area contributed by atoms with E-state index < -0.39 is 17.4 Å². The van der Waals surface area contributed by atoms with E-state index in [1.54, 1.807) is 25.4 Å². The second-order valence-corrected chi connectivity index (χ2v) is 4.70. The topological polar surface area (TPSA) is 91.3 Å². The van der Waals surface area contributed by atoms with Gasteiger partial charge in [-0.1, -0.05) is 12.8 Å². The first-order chi connectivity index (χ1) is 9.09. The zero-order valence-electron chi connectivity index (χ0n) is 10.8. The summed E-state index contributed by atoms with van der Waals surface area (Å²) in [6.45, 7) is 0. The van der Waals surface area contributed by atoms with Gasteiger partial charge in [-0.3, -0.25) is 4.79 Å². The number of amides is 1. The summed E-state index contributed by atoms with van der Waals surface area (Å²) >= 11 is 0. The molecule has 3 N–H and O–H groups in total. The molecule has 102 valence electrons. The van der Waals surface area contributed by atoms with Crippen molar-refractivity contribution in [2.24, 2.45) is 0 Å². The van der Waals surface area contributed by atoms with E-state index in [0.717, 1.165) is 12.8 Å². The highest BCUT2D eigenvalue weighted by molar-refractivity contribution is 6.01. The molecule has 0 aromatic carbocycles. The number of hydrogen-bond acceptors (Lipinski definition) is 4. The van der Waals surface area contributed by atoms with Crippen molar-refractivity contribution in [1.82, 2.24) is 10.3 Å². The van der Waals surface area contributed by atoms with Crippen LogP contribution in [0.25, 0.3) is 0 Å². The molecule has 0 saturated heterocycles. The van der Waals surface area contributed by atoms with Crippen molar-refractivity contribution in [3.8, 4) is 0 Å². The average molecular weight is 263 g/mol. The first-order valence-electron chi connectivity index (χ1n) is 6.28. The van der Waals surface area contributed by atoms with Gasteiger partial charge in [-0.25, -0.2) is 9.78 Å². The second-order valence-electron chi connectivity index (χ2n) is 4.70. The zero-order valence-corrected chi connectivity index (χ0v) is 10.8. The number of rotatable bonds is 4. The van der Waals surface area contributed by atoms with Gasteiger partial charge >= 0.3 is 5.97 Å². The molecule has 1 amide bonds. The summed E-state index contributed by atoms with van der Waals surface area (Å²) in [5, 5.41) is 14.8. The first kappa shape index (κ1) is 13.3. The summed E-state index contributed by atoms with van der Waals surface area (Å²) in [4.78, 5) is 27.7. The molecule has 1 saturated carbocycles. The van der Waals surface area contributed by atoms with Crippen molar-refractivity contribution >= 4 is 17.7 Å². The Morgan fingerprint density at radius 1 is 1.37 bits per heavy atom. The minimum atomic E-state index is -1.13. The van der Waals surface area contributed by atoms with E-state index in [9.17, 15) is 14.7 Å². The molecule has 1 heterocycles. The molecular weight excluding hydrogens is 246 g/mol. The van der Waals surface area contributed by atoms with Gasteiger partial charge in [0.25, 0.3) is 5.91 Å². The summed E-state index contributed by atoms with van der Waals surface area (Å²) in [5.74, 6) is -0.923. The molecule has 1 aliphatic carbocycles. The Kier molecular flexibility index (Phi) is 3.69. The van der Waals surface area contributed by atoms with Crippen LogP contribution in [-0.2, 0) is 4.79 Å². The molecule has 1 fully saturated rings. The van der Waals surface area contributed by atoms with Gasteiger partial charge < -0.3 is 15.7 Å². The maximum absolute atomic E-state index is 12.2. The molecular formula is C13H17N3O3. The van der Waals surface area contributed by atoms with E-state index in [1.165, 1.54) is 0 Å². The molecule has 0 bridgehead atoms. The fraction of sp³-hybridized carbons (Fsp3) is 0.462. The van der Waals surface area contributed by atoms with Gasteiger partial charge in [-0.15, -0.1) is 0 Å². The van der Waals surface area contributed by atoms with E-state index in [4.69, 9.17) is 0 Å². The van der Waals surface area contributed by atoms with Crippen LogP contribution in [0.1, 0.15) is 36.0 Å². The fourth-order valence-electron chi connectivity index (χ4n) is 2.44. The lowest BCUT2D eigenvalue weighted by Gasteiger charge is -2.25. The molecule has 6 nitrogen and oxygen atoms in total. The molecule has 6 heteroatoms. The highest BCUT2D eigenvalue weighted by Crippen LogP contribution is 2.30. The molecule has 0 spiro atoms. The van der Waals surface area contributed by atoms with Gasteiger partial charge in [0.1, 0.15) is 11.4 Å². The van der Waals surface area contributed by atoms with E-state index in [-0.39, 0.29) is 0 Å². The lowest BCUT2D eigenvalue weighted by molar-refractivity contribution is -0.144. The smallest absolute Gasteiger partial charge is 0.329 e. The third-order valence-electron chi connectivity index (χ3n) is 3.51. The Labute approximate surface area is 111 Å². The Balaban J connectivity index is 2.23. The Hall–Kier alpha value is -2.11. The Morgan fingerprint density at radius 2 is 2.05 bits per heavy atom. The van der Waals surface area contributed by atoms with Crippen LogP contribution in [-0.4, -0.2) is 34.6 Å². The minimum absolute atomic E-state index is 0.359. The molecule has 1 aliphatic rings. The minimum Gasteiger partial charge on any atom is -0.480 e. The van der Waals surface area contributed by atoms with E-state index in [1.807, 2.05) is 0 Å². The predicted octanol–water partition coefficient (Wildman–Crippen LogP) is 1.25. The standard InChI is InChI=1S/C13H17N3O3/c1-14-10-9(5-4-8-15-10)11(17)16-13(12(18)19)6-2-3-7-13/h4-5,8H,2-3,6-7H2,1H3,(H,14,15)(H,16,17)(H,18,19). The summed E-state index contributed by atoms with van der Waals surface area (Å²) < 4.78 is 0. The third-order valence-corrected chi connectivity index (χ3v) is 3.51. The number of carbonyl (C=O) groups excluding carboxylic acids is 1. The number of carboxylic acid groups (broad SMARTS) is 1. The zero-order chi connectivity index (χ0) is 13.9.